The average Bonchev–Trinajstić information content (AvgIpc) is 1.87. The maximum Gasteiger partial charge on any atom is 0.408 e. The number of hydrogen-bond acceptors (Lipinski definition) is 4. The minimum Gasteiger partial charge on any atom is -0.592 e. The molecule has 52 valence electrons. The van der Waals surface area contributed by atoms with Crippen LogP contribution in [0.3, 0.4) is 0 Å². The summed E-state index contributed by atoms with van der Waals surface area (Å²) in [4.78, 5) is -0.709. The van der Waals surface area contributed by atoms with Gasteiger partial charge in [-0.15, -0.1) is 0 Å². The first-order valence-corrected chi connectivity index (χ1v) is 1.80. The predicted molar refractivity (Wildman–Crippen MR) is 20.6 cm³/mol. The molecule has 0 aromatic heterocycles. The van der Waals surface area contributed by atoms with E-state index in [2.05, 4.69) is 0 Å². The van der Waals surface area contributed by atoms with Crippen LogP contribution >= 0.6 is 0 Å². The summed E-state index contributed by atoms with van der Waals surface area (Å²) in [5.74, 6) is 0. The normalized spacial score (nSPS) is 13.8. The van der Waals surface area contributed by atoms with Gasteiger partial charge in [0.05, 0.1) is 0 Å². The van der Waals surface area contributed by atoms with E-state index in [0.717, 1.165) is 0 Å². The van der Waals surface area contributed by atoms with Gasteiger partial charge in [-0.2, -0.15) is 0 Å². The topological polar surface area (TPSA) is 117 Å². The Kier molecular flexibility index (Phi) is 2.80. The van der Waals surface area contributed by atoms with Gasteiger partial charge >= 0.3 is 6.67 Å². The van der Waals surface area contributed by atoms with E-state index in [-0.39, 0.29) is 9.72 Å². The molecule has 0 aromatic rings. The van der Waals surface area contributed by atoms with Gasteiger partial charge in [-0.3, -0.25) is 0 Å². The molecule has 0 aliphatic rings. The summed E-state index contributed by atoms with van der Waals surface area (Å²) in [5.41, 5.74) is 0. The molecule has 2 N–H and O–H groups in total. The second kappa shape index (κ2) is 3.41. The fourth-order valence-corrected chi connectivity index (χ4v) is 0.160. The van der Waals surface area contributed by atoms with Crippen molar-refractivity contribution in [2.24, 2.45) is 10.6 Å². The van der Waals surface area contributed by atoms with Gasteiger partial charge in [0.1, 0.15) is 0 Å². The minimum absolute atomic E-state index is 0.354. The third-order valence-corrected chi connectivity index (χ3v) is 0.441. The van der Waals surface area contributed by atoms with Crippen LogP contribution in [0.15, 0.2) is 10.6 Å². The van der Waals surface area contributed by atoms with Crippen LogP contribution in [-0.4, -0.2) is 26.8 Å². The molecule has 0 bridgehead atoms. The first-order chi connectivity index (χ1) is 4.20. The fourth-order valence-electron chi connectivity index (χ4n) is 0.160. The molecule has 0 rings (SSSR count). The van der Waals surface area contributed by atoms with Crippen molar-refractivity contribution in [2.45, 2.75) is 0 Å². The first-order valence-electron chi connectivity index (χ1n) is 1.80. The Morgan fingerprint density at radius 2 is 1.44 bits per heavy atom. The van der Waals surface area contributed by atoms with Crippen molar-refractivity contribution in [1.82, 2.24) is 0 Å². The molecule has 0 atom stereocenters. The first kappa shape index (κ1) is 7.40. The summed E-state index contributed by atoms with van der Waals surface area (Å²) in [7, 11) is 0. The Morgan fingerprint density at radius 1 is 1.11 bits per heavy atom. The molecule has 0 aliphatic carbocycles. The van der Waals surface area contributed by atoms with E-state index < -0.39 is 6.67 Å². The fraction of sp³-hybridized carbons (Fsp3) is 1.00. The second-order valence-corrected chi connectivity index (χ2v) is 1.02. The molecule has 0 spiro atoms. The molecule has 0 aliphatic heterocycles. The Morgan fingerprint density at radius 3 is 1.67 bits per heavy atom. The van der Waals surface area contributed by atoms with Crippen molar-refractivity contribution in [3.63, 3.8) is 0 Å². The molecular formula is CH4N4O4. The van der Waals surface area contributed by atoms with Crippen LogP contribution in [0.2, 0.25) is 0 Å². The molecule has 8 nitrogen and oxygen atoms in total. The standard InChI is InChI=1S/CH4N4O4/c6-2-4(8)1-5(9)3-7/h6-7H,1H2/b4-2-,5-3-. The van der Waals surface area contributed by atoms with Crippen LogP contribution in [-0.2, 0) is 0 Å². The quantitative estimate of drug-likeness (QED) is 0.233. The summed E-state index contributed by atoms with van der Waals surface area (Å²) in [5, 5.41) is 39.1. The van der Waals surface area contributed by atoms with Crippen molar-refractivity contribution >= 4 is 0 Å². The van der Waals surface area contributed by atoms with Crippen molar-refractivity contribution in [3.8, 4) is 0 Å². The zero-order chi connectivity index (χ0) is 7.28. The lowest BCUT2D eigenvalue weighted by molar-refractivity contribution is -0.749. The molecule has 0 aromatic carbocycles. The molecular weight excluding hydrogens is 132 g/mol. The average molecular weight is 136 g/mol. The highest BCUT2D eigenvalue weighted by atomic mass is 16.6. The van der Waals surface area contributed by atoms with Crippen LogP contribution < -0.4 is 0 Å². The number of hydroxylamine groups is 2. The van der Waals surface area contributed by atoms with E-state index in [1.807, 2.05) is 10.6 Å². The molecule has 0 heterocycles. The Balaban J connectivity index is 3.75. The molecule has 0 unspecified atom stereocenters. The molecule has 8 heteroatoms. The molecule has 0 radical (unpaired) electrons. The highest BCUT2D eigenvalue weighted by Crippen LogP contribution is 1.75. The molecule has 0 saturated carbocycles. The maximum absolute atomic E-state index is 9.87. The molecule has 9 heavy (non-hydrogen) atoms. The van der Waals surface area contributed by atoms with E-state index in [4.69, 9.17) is 10.4 Å². The van der Waals surface area contributed by atoms with Crippen molar-refractivity contribution in [1.29, 1.82) is 0 Å². The monoisotopic (exact) mass is 136 g/mol. The lowest BCUT2D eigenvalue weighted by atomic mass is 11.2. The maximum atomic E-state index is 9.87. The van der Waals surface area contributed by atoms with Crippen LogP contribution in [0.4, 0.5) is 0 Å². The second-order valence-electron chi connectivity index (χ2n) is 1.02. The van der Waals surface area contributed by atoms with Gasteiger partial charge in [0.2, 0.25) is 10.6 Å². The zero-order valence-electron chi connectivity index (χ0n) is 4.21. The van der Waals surface area contributed by atoms with E-state index in [1.54, 1.807) is 0 Å². The number of rotatable bonds is 2. The number of nitrogens with zero attached hydrogens (tertiary/aromatic N) is 4. The summed E-state index contributed by atoms with van der Waals surface area (Å²) in [6, 6.07) is 0. The number of hydrogen-bond donors (Lipinski definition) is 2. The van der Waals surface area contributed by atoms with Gasteiger partial charge < -0.3 is 20.8 Å². The molecule has 0 amide bonds. The Labute approximate surface area is 49.0 Å². The predicted octanol–water partition coefficient (Wildman–Crippen LogP) is -0.353. The van der Waals surface area contributed by atoms with Gasteiger partial charge in [0.15, 0.2) is 0 Å². The third kappa shape index (κ3) is 3.02. The highest BCUT2D eigenvalue weighted by molar-refractivity contribution is 3.97. The minimum atomic E-state index is -0.868. The summed E-state index contributed by atoms with van der Waals surface area (Å²) in [6.45, 7) is -0.868. The van der Waals surface area contributed by atoms with E-state index in [0.29, 0.717) is 0 Å². The van der Waals surface area contributed by atoms with E-state index in [1.165, 1.54) is 0 Å². The zero-order valence-corrected chi connectivity index (χ0v) is 4.21. The van der Waals surface area contributed by atoms with Gasteiger partial charge in [0, 0.05) is 9.72 Å². The summed E-state index contributed by atoms with van der Waals surface area (Å²) < 4.78 is 0. The summed E-state index contributed by atoms with van der Waals surface area (Å²) >= 11 is 0. The van der Waals surface area contributed by atoms with Crippen LogP contribution in [0.5, 0.6) is 0 Å². The van der Waals surface area contributed by atoms with Gasteiger partial charge in [-0.25, -0.2) is 0 Å². The molecule has 0 fully saturated rings. The summed E-state index contributed by atoms with van der Waals surface area (Å²) in [6.07, 6.45) is 0. The van der Waals surface area contributed by atoms with E-state index in [9.17, 15) is 10.4 Å². The van der Waals surface area contributed by atoms with Crippen LogP contribution in [0.25, 0.3) is 0 Å². The Hall–Kier alpha value is -1.60. The smallest absolute Gasteiger partial charge is 0.408 e. The lowest BCUT2D eigenvalue weighted by Gasteiger charge is -1.93. The van der Waals surface area contributed by atoms with Crippen molar-refractivity contribution in [2.75, 3.05) is 6.67 Å². The largest absolute Gasteiger partial charge is 0.592 e. The highest BCUT2D eigenvalue weighted by Gasteiger charge is 2.01. The van der Waals surface area contributed by atoms with Gasteiger partial charge in [0.25, 0.3) is 0 Å². The van der Waals surface area contributed by atoms with Gasteiger partial charge in [-0.1, -0.05) is 0 Å². The SMILES string of the molecule is [O-]/[N+](C/[N+]([O-])=N/O)=N\O. The van der Waals surface area contributed by atoms with Crippen LogP contribution in [0, 0.1) is 10.4 Å². The third-order valence-electron chi connectivity index (χ3n) is 0.441. The van der Waals surface area contributed by atoms with E-state index >= 15 is 0 Å². The lowest BCUT2D eigenvalue weighted by Crippen LogP contribution is -2.13. The van der Waals surface area contributed by atoms with Gasteiger partial charge in [-0.05, 0) is 0 Å². The Bertz CT molecular complexity index is 124. The molecule has 0 saturated heterocycles. The van der Waals surface area contributed by atoms with Crippen molar-refractivity contribution in [3.05, 3.63) is 10.4 Å². The van der Waals surface area contributed by atoms with Crippen LogP contribution in [0.1, 0.15) is 0 Å². The van der Waals surface area contributed by atoms with Crippen molar-refractivity contribution < 1.29 is 20.1 Å².